The van der Waals surface area contributed by atoms with Gasteiger partial charge in [0, 0.05) is 17.0 Å². The summed E-state index contributed by atoms with van der Waals surface area (Å²) < 4.78 is 11.2. The first-order valence-electron chi connectivity index (χ1n) is 8.26. The molecule has 0 saturated carbocycles. The molecular weight excluding hydrogens is 356 g/mol. The Morgan fingerprint density at radius 2 is 2.00 bits per heavy atom. The number of hydrogen-bond acceptors (Lipinski definition) is 4. The Labute approximate surface area is 153 Å². The third kappa shape index (κ3) is 2.95. The summed E-state index contributed by atoms with van der Waals surface area (Å²) in [5.41, 5.74) is 2.81. The Hall–Kier alpha value is -2.79. The highest BCUT2D eigenvalue weighted by molar-refractivity contribution is 6.32. The fourth-order valence-corrected chi connectivity index (χ4v) is 3.57. The van der Waals surface area contributed by atoms with Crippen LogP contribution in [-0.4, -0.2) is 11.1 Å². The van der Waals surface area contributed by atoms with Gasteiger partial charge < -0.3 is 14.3 Å². The molecule has 0 bridgehead atoms. The van der Waals surface area contributed by atoms with Crippen LogP contribution in [-0.2, 0) is 19.4 Å². The summed E-state index contributed by atoms with van der Waals surface area (Å²) in [6.45, 7) is 0.154. The monoisotopic (exact) mass is 370 g/mol. The van der Waals surface area contributed by atoms with Crippen LogP contribution in [0.4, 0.5) is 0 Å². The Balaban J connectivity index is 1.66. The van der Waals surface area contributed by atoms with Crippen molar-refractivity contribution in [2.75, 3.05) is 0 Å². The molecule has 26 heavy (non-hydrogen) atoms. The lowest BCUT2D eigenvalue weighted by Gasteiger charge is -2.11. The summed E-state index contributed by atoms with van der Waals surface area (Å²) in [6, 6.07) is 9.89. The van der Waals surface area contributed by atoms with Crippen LogP contribution in [0.3, 0.4) is 0 Å². The van der Waals surface area contributed by atoms with Crippen LogP contribution >= 0.6 is 11.6 Å². The van der Waals surface area contributed by atoms with Gasteiger partial charge in [-0.25, -0.2) is 9.59 Å². The topological polar surface area (TPSA) is 76.7 Å². The van der Waals surface area contributed by atoms with Crippen LogP contribution < -0.4 is 10.4 Å². The summed E-state index contributed by atoms with van der Waals surface area (Å²) >= 11 is 6.35. The zero-order valence-corrected chi connectivity index (χ0v) is 14.5. The number of aromatic carboxylic acids is 1. The molecule has 5 nitrogen and oxygen atoms in total. The van der Waals surface area contributed by atoms with Crippen LogP contribution in [0.1, 0.15) is 33.5 Å². The SMILES string of the molecule is O=C(O)c1cccc(COc2cc3oc(=O)c4c(c3cc2Cl)CCC4)c1. The molecule has 2 aromatic carbocycles. The molecule has 0 spiro atoms. The summed E-state index contributed by atoms with van der Waals surface area (Å²) in [5.74, 6) is -0.604. The molecule has 4 rings (SSSR count). The number of fused-ring (bicyclic) bond motifs is 3. The Morgan fingerprint density at radius 3 is 2.81 bits per heavy atom. The zero-order valence-electron chi connectivity index (χ0n) is 13.8. The maximum absolute atomic E-state index is 12.1. The van der Waals surface area contributed by atoms with Crippen LogP contribution in [0.5, 0.6) is 5.75 Å². The molecule has 0 atom stereocenters. The second-order valence-electron chi connectivity index (χ2n) is 6.27. The summed E-state index contributed by atoms with van der Waals surface area (Å²) in [7, 11) is 0. The molecule has 0 unspecified atom stereocenters. The van der Waals surface area contributed by atoms with Crippen molar-refractivity contribution in [2.24, 2.45) is 0 Å². The van der Waals surface area contributed by atoms with Crippen molar-refractivity contribution in [3.8, 4) is 5.75 Å². The molecule has 1 N–H and O–H groups in total. The van der Waals surface area contributed by atoms with Gasteiger partial charge in [-0.2, -0.15) is 0 Å². The average molecular weight is 371 g/mol. The van der Waals surface area contributed by atoms with E-state index in [0.717, 1.165) is 35.8 Å². The third-order valence-electron chi connectivity index (χ3n) is 4.59. The second kappa shape index (κ2) is 6.50. The number of carboxylic acid groups (broad SMARTS) is 1. The first-order valence-corrected chi connectivity index (χ1v) is 8.64. The van der Waals surface area contributed by atoms with Crippen molar-refractivity contribution in [3.63, 3.8) is 0 Å². The quantitative estimate of drug-likeness (QED) is 0.696. The van der Waals surface area contributed by atoms with Crippen LogP contribution in [0.15, 0.2) is 45.6 Å². The molecule has 132 valence electrons. The summed E-state index contributed by atoms with van der Waals surface area (Å²) in [4.78, 5) is 23.2. The average Bonchev–Trinajstić information content (AvgIpc) is 3.12. The van der Waals surface area contributed by atoms with Crippen LogP contribution in [0.2, 0.25) is 5.02 Å². The molecule has 0 amide bonds. The molecule has 6 heteroatoms. The smallest absolute Gasteiger partial charge is 0.339 e. The van der Waals surface area contributed by atoms with Gasteiger partial charge in [-0.3, -0.25) is 0 Å². The van der Waals surface area contributed by atoms with Crippen molar-refractivity contribution >= 4 is 28.5 Å². The van der Waals surface area contributed by atoms with E-state index < -0.39 is 5.97 Å². The van der Waals surface area contributed by atoms with E-state index in [4.69, 9.17) is 25.9 Å². The lowest BCUT2D eigenvalue weighted by Crippen LogP contribution is -2.07. The fourth-order valence-electron chi connectivity index (χ4n) is 3.35. The van der Waals surface area contributed by atoms with E-state index in [1.54, 1.807) is 30.3 Å². The minimum absolute atomic E-state index is 0.154. The van der Waals surface area contributed by atoms with E-state index in [2.05, 4.69) is 0 Å². The number of benzene rings is 2. The molecule has 1 heterocycles. The fraction of sp³-hybridized carbons (Fsp3) is 0.200. The van der Waals surface area contributed by atoms with Gasteiger partial charge in [-0.1, -0.05) is 23.7 Å². The van der Waals surface area contributed by atoms with Gasteiger partial charge in [0.25, 0.3) is 0 Å². The number of hydrogen-bond donors (Lipinski definition) is 1. The Kier molecular flexibility index (Phi) is 4.17. The van der Waals surface area contributed by atoms with Gasteiger partial charge in [-0.15, -0.1) is 0 Å². The lowest BCUT2D eigenvalue weighted by atomic mass is 10.1. The highest BCUT2D eigenvalue weighted by Crippen LogP contribution is 2.35. The molecule has 0 aliphatic heterocycles. The van der Waals surface area contributed by atoms with Crippen LogP contribution in [0, 0.1) is 0 Å². The summed E-state index contributed by atoms with van der Waals surface area (Å²) in [5, 5.41) is 10.3. The van der Waals surface area contributed by atoms with E-state index in [1.165, 1.54) is 6.07 Å². The molecule has 3 aromatic rings. The van der Waals surface area contributed by atoms with Gasteiger partial charge >= 0.3 is 11.6 Å². The van der Waals surface area contributed by atoms with Crippen molar-refractivity contribution < 1.29 is 19.1 Å². The van der Waals surface area contributed by atoms with E-state index in [9.17, 15) is 9.59 Å². The lowest BCUT2D eigenvalue weighted by molar-refractivity contribution is 0.0696. The van der Waals surface area contributed by atoms with Crippen molar-refractivity contribution in [2.45, 2.75) is 25.9 Å². The number of halogens is 1. The number of carbonyl (C=O) groups is 1. The first-order chi connectivity index (χ1) is 12.5. The Morgan fingerprint density at radius 1 is 1.19 bits per heavy atom. The standard InChI is InChI=1S/C20H15ClO5/c21-16-8-15-13-5-2-6-14(13)20(24)26-17(15)9-18(16)25-10-11-3-1-4-12(7-11)19(22)23/h1,3-4,7-9H,2,5-6,10H2,(H,22,23). The number of rotatable bonds is 4. The van der Waals surface area contributed by atoms with E-state index >= 15 is 0 Å². The highest BCUT2D eigenvalue weighted by atomic mass is 35.5. The minimum atomic E-state index is -0.994. The first kappa shape index (κ1) is 16.7. The molecule has 1 aliphatic carbocycles. The summed E-state index contributed by atoms with van der Waals surface area (Å²) in [6.07, 6.45) is 2.52. The molecule has 1 aromatic heterocycles. The van der Waals surface area contributed by atoms with Crippen molar-refractivity contribution in [1.82, 2.24) is 0 Å². The van der Waals surface area contributed by atoms with E-state index in [0.29, 0.717) is 21.9 Å². The predicted octanol–water partition coefficient (Wildman–Crippen LogP) is 4.21. The van der Waals surface area contributed by atoms with Crippen LogP contribution in [0.25, 0.3) is 11.0 Å². The molecule has 0 radical (unpaired) electrons. The maximum atomic E-state index is 12.1. The maximum Gasteiger partial charge on any atom is 0.339 e. The number of carboxylic acids is 1. The van der Waals surface area contributed by atoms with Gasteiger partial charge in [0.1, 0.15) is 17.9 Å². The van der Waals surface area contributed by atoms with Crippen molar-refractivity contribution in [3.05, 3.63) is 74.1 Å². The molecule has 0 saturated heterocycles. The normalized spacial score (nSPS) is 13.0. The van der Waals surface area contributed by atoms with E-state index in [1.807, 2.05) is 0 Å². The highest BCUT2D eigenvalue weighted by Gasteiger charge is 2.21. The Bertz CT molecular complexity index is 1080. The zero-order chi connectivity index (χ0) is 18.3. The van der Waals surface area contributed by atoms with Crippen molar-refractivity contribution in [1.29, 1.82) is 0 Å². The number of aryl methyl sites for hydroxylation is 1. The predicted molar refractivity (Wildman–Crippen MR) is 97.3 cm³/mol. The molecular formula is C20H15ClO5. The third-order valence-corrected chi connectivity index (χ3v) is 4.89. The molecule has 0 fully saturated rings. The van der Waals surface area contributed by atoms with Gasteiger partial charge in [0.2, 0.25) is 0 Å². The number of ether oxygens (including phenoxy) is 1. The largest absolute Gasteiger partial charge is 0.487 e. The van der Waals surface area contributed by atoms with E-state index in [-0.39, 0.29) is 17.8 Å². The van der Waals surface area contributed by atoms with Gasteiger partial charge in [0.15, 0.2) is 0 Å². The van der Waals surface area contributed by atoms with Gasteiger partial charge in [0.05, 0.1) is 10.6 Å². The second-order valence-corrected chi connectivity index (χ2v) is 6.68. The minimum Gasteiger partial charge on any atom is -0.487 e. The molecule has 1 aliphatic rings. The van der Waals surface area contributed by atoms with Gasteiger partial charge in [-0.05, 0) is 48.6 Å².